The Labute approximate surface area is 158 Å². The first-order valence-corrected chi connectivity index (χ1v) is 10.2. The smallest absolute Gasteiger partial charge is 0.314 e. The number of amides is 2. The average molecular weight is 359 g/mol. The number of rotatable bonds is 7. The fraction of sp³-hybridized carbons (Fsp3) is 0.667. The first-order valence-electron chi connectivity index (χ1n) is 10.2. The van der Waals surface area contributed by atoms with Gasteiger partial charge in [0, 0.05) is 38.4 Å². The highest BCUT2D eigenvalue weighted by atomic mass is 16.2. The maximum absolute atomic E-state index is 12.1. The van der Waals surface area contributed by atoms with Crippen molar-refractivity contribution in [1.82, 2.24) is 15.5 Å². The zero-order valence-electron chi connectivity index (χ0n) is 16.1. The Bertz CT molecular complexity index is 544. The molecule has 2 fully saturated rings. The van der Waals surface area contributed by atoms with Crippen molar-refractivity contribution in [2.45, 2.75) is 32.6 Å². The molecule has 0 bridgehead atoms. The van der Waals surface area contributed by atoms with E-state index in [1.165, 1.54) is 38.0 Å². The molecule has 2 atom stereocenters. The van der Waals surface area contributed by atoms with E-state index < -0.39 is 0 Å². The number of hydrogen-bond donors (Lipinski definition) is 2. The summed E-state index contributed by atoms with van der Waals surface area (Å²) in [6, 6.07) is 10.5. The van der Waals surface area contributed by atoms with E-state index in [4.69, 9.17) is 0 Å². The van der Waals surface area contributed by atoms with Gasteiger partial charge < -0.3 is 20.4 Å². The van der Waals surface area contributed by atoms with E-state index in [2.05, 4.69) is 57.7 Å². The molecule has 0 spiro atoms. The van der Waals surface area contributed by atoms with E-state index in [0.717, 1.165) is 39.1 Å². The molecule has 2 amide bonds. The number of nitrogens with one attached hydrogen (secondary N) is 2. The summed E-state index contributed by atoms with van der Waals surface area (Å²) >= 11 is 0. The molecule has 5 nitrogen and oxygen atoms in total. The van der Waals surface area contributed by atoms with Gasteiger partial charge >= 0.3 is 6.03 Å². The third-order valence-electron chi connectivity index (χ3n) is 5.59. The normalized spacial score (nSPS) is 22.2. The Balaban J connectivity index is 1.29. The maximum atomic E-state index is 12.1. The van der Waals surface area contributed by atoms with Gasteiger partial charge in [0.2, 0.25) is 0 Å². The zero-order chi connectivity index (χ0) is 18.2. The van der Waals surface area contributed by atoms with Crippen LogP contribution in [0.5, 0.6) is 0 Å². The molecular formula is C21H34N4O. The van der Waals surface area contributed by atoms with Crippen LogP contribution >= 0.6 is 0 Å². The van der Waals surface area contributed by atoms with Gasteiger partial charge in [0.15, 0.2) is 0 Å². The Hall–Kier alpha value is -1.75. The maximum Gasteiger partial charge on any atom is 0.314 e. The Morgan fingerprint density at radius 2 is 1.88 bits per heavy atom. The van der Waals surface area contributed by atoms with Crippen molar-refractivity contribution >= 4 is 11.7 Å². The first kappa shape index (κ1) is 19.0. The monoisotopic (exact) mass is 358 g/mol. The van der Waals surface area contributed by atoms with Crippen molar-refractivity contribution in [2.75, 3.05) is 50.7 Å². The second-order valence-electron chi connectivity index (χ2n) is 7.99. The van der Waals surface area contributed by atoms with Crippen LogP contribution in [-0.2, 0) is 0 Å². The van der Waals surface area contributed by atoms with Crippen LogP contribution in [0.2, 0.25) is 0 Å². The van der Waals surface area contributed by atoms with Crippen LogP contribution in [0.4, 0.5) is 10.5 Å². The summed E-state index contributed by atoms with van der Waals surface area (Å²) in [6.45, 7) is 9.37. The standard InChI is InChI=1S/C21H34N4O/c1-18(16-24-11-6-3-7-12-24)14-22-21(26)23-15-19-10-13-25(17-19)20-8-4-2-5-9-20/h2,4-5,8-9,18-19H,3,6-7,10-17H2,1H3,(H2,22,23,26). The van der Waals surface area contributed by atoms with E-state index in [-0.39, 0.29) is 6.03 Å². The van der Waals surface area contributed by atoms with Gasteiger partial charge in [-0.15, -0.1) is 0 Å². The van der Waals surface area contributed by atoms with Crippen molar-refractivity contribution in [3.63, 3.8) is 0 Å². The quantitative estimate of drug-likeness (QED) is 0.788. The predicted octanol–water partition coefficient (Wildman–Crippen LogP) is 2.93. The minimum absolute atomic E-state index is 0.0198. The summed E-state index contributed by atoms with van der Waals surface area (Å²) in [7, 11) is 0. The number of carbonyl (C=O) groups excluding carboxylic acids is 1. The number of hydrogen-bond acceptors (Lipinski definition) is 3. The minimum atomic E-state index is -0.0198. The third-order valence-corrected chi connectivity index (χ3v) is 5.59. The number of anilines is 1. The molecule has 1 aromatic carbocycles. The van der Waals surface area contributed by atoms with E-state index in [1.807, 2.05) is 0 Å². The number of piperidine rings is 1. The molecule has 0 saturated carbocycles. The van der Waals surface area contributed by atoms with Crippen molar-refractivity contribution < 1.29 is 4.79 Å². The Kier molecular flexibility index (Phi) is 7.18. The molecule has 3 rings (SSSR count). The molecule has 2 aliphatic heterocycles. The van der Waals surface area contributed by atoms with Gasteiger partial charge in [-0.1, -0.05) is 31.5 Å². The number of benzene rings is 1. The van der Waals surface area contributed by atoms with Crippen LogP contribution in [0.3, 0.4) is 0 Å². The Morgan fingerprint density at radius 3 is 2.65 bits per heavy atom. The largest absolute Gasteiger partial charge is 0.371 e. The lowest BCUT2D eigenvalue weighted by Crippen LogP contribution is -2.42. The van der Waals surface area contributed by atoms with Crippen molar-refractivity contribution in [2.24, 2.45) is 11.8 Å². The summed E-state index contributed by atoms with van der Waals surface area (Å²) in [5, 5.41) is 6.11. The molecule has 2 N–H and O–H groups in total. The number of likely N-dealkylation sites (tertiary alicyclic amines) is 1. The summed E-state index contributed by atoms with van der Waals surface area (Å²) in [4.78, 5) is 17.0. The molecular weight excluding hydrogens is 324 g/mol. The van der Waals surface area contributed by atoms with E-state index >= 15 is 0 Å². The number of urea groups is 1. The molecule has 26 heavy (non-hydrogen) atoms. The molecule has 0 aliphatic carbocycles. The van der Waals surface area contributed by atoms with Crippen LogP contribution in [0.15, 0.2) is 30.3 Å². The summed E-state index contributed by atoms with van der Waals surface area (Å²) < 4.78 is 0. The van der Waals surface area contributed by atoms with Crippen molar-refractivity contribution in [3.8, 4) is 0 Å². The summed E-state index contributed by atoms with van der Waals surface area (Å²) in [6.07, 6.45) is 5.15. The molecule has 5 heteroatoms. The molecule has 144 valence electrons. The molecule has 1 aromatic rings. The second-order valence-corrected chi connectivity index (χ2v) is 7.99. The van der Waals surface area contributed by atoms with Crippen LogP contribution in [0, 0.1) is 11.8 Å². The average Bonchev–Trinajstić information content (AvgIpc) is 3.15. The highest BCUT2D eigenvalue weighted by molar-refractivity contribution is 5.73. The molecule has 0 radical (unpaired) electrons. The molecule has 2 unspecified atom stereocenters. The molecule has 0 aromatic heterocycles. The van der Waals surface area contributed by atoms with E-state index in [0.29, 0.717) is 11.8 Å². The van der Waals surface area contributed by atoms with Gasteiger partial charge in [-0.25, -0.2) is 4.79 Å². The van der Waals surface area contributed by atoms with Gasteiger partial charge in [0.1, 0.15) is 0 Å². The first-order chi connectivity index (χ1) is 12.7. The third kappa shape index (κ3) is 5.90. The van der Waals surface area contributed by atoms with Gasteiger partial charge in [-0.3, -0.25) is 0 Å². The highest BCUT2D eigenvalue weighted by Crippen LogP contribution is 2.22. The van der Waals surface area contributed by atoms with Crippen molar-refractivity contribution in [3.05, 3.63) is 30.3 Å². The fourth-order valence-electron chi connectivity index (χ4n) is 4.09. The highest BCUT2D eigenvalue weighted by Gasteiger charge is 2.23. The van der Waals surface area contributed by atoms with Gasteiger partial charge in [-0.2, -0.15) is 0 Å². The van der Waals surface area contributed by atoms with Gasteiger partial charge in [0.25, 0.3) is 0 Å². The van der Waals surface area contributed by atoms with Crippen LogP contribution in [0.1, 0.15) is 32.6 Å². The van der Waals surface area contributed by atoms with Crippen LogP contribution < -0.4 is 15.5 Å². The number of carbonyl (C=O) groups is 1. The predicted molar refractivity (Wildman–Crippen MR) is 108 cm³/mol. The van der Waals surface area contributed by atoms with Crippen LogP contribution in [-0.4, -0.2) is 56.7 Å². The SMILES string of the molecule is CC(CNC(=O)NCC1CCN(c2ccccc2)C1)CN1CCCCC1. The number of nitrogens with zero attached hydrogens (tertiary/aromatic N) is 2. The summed E-state index contributed by atoms with van der Waals surface area (Å²) in [5.41, 5.74) is 1.28. The Morgan fingerprint density at radius 1 is 1.12 bits per heavy atom. The van der Waals surface area contributed by atoms with Crippen LogP contribution in [0.25, 0.3) is 0 Å². The molecule has 2 heterocycles. The summed E-state index contributed by atoms with van der Waals surface area (Å²) in [5.74, 6) is 1.03. The van der Waals surface area contributed by atoms with Crippen molar-refractivity contribution in [1.29, 1.82) is 0 Å². The minimum Gasteiger partial charge on any atom is -0.371 e. The van der Waals surface area contributed by atoms with E-state index in [1.54, 1.807) is 0 Å². The number of para-hydroxylation sites is 1. The molecule has 2 saturated heterocycles. The lowest BCUT2D eigenvalue weighted by molar-refractivity contribution is 0.197. The topological polar surface area (TPSA) is 47.6 Å². The van der Waals surface area contributed by atoms with Gasteiger partial charge in [0.05, 0.1) is 0 Å². The van der Waals surface area contributed by atoms with Gasteiger partial charge in [-0.05, 0) is 56.3 Å². The lowest BCUT2D eigenvalue weighted by Gasteiger charge is -2.29. The zero-order valence-corrected chi connectivity index (χ0v) is 16.1. The fourth-order valence-corrected chi connectivity index (χ4v) is 4.09. The second kappa shape index (κ2) is 9.81. The van der Waals surface area contributed by atoms with E-state index in [9.17, 15) is 4.79 Å². The lowest BCUT2D eigenvalue weighted by atomic mass is 10.1. The molecule has 2 aliphatic rings.